The number of aromatic carboxylic acids is 1. The number of carboxylic acids is 1. The van der Waals surface area contributed by atoms with Crippen molar-refractivity contribution in [2.75, 3.05) is 0 Å². The number of benzene rings is 1. The minimum absolute atomic E-state index is 0.0123. The zero-order valence-electron chi connectivity index (χ0n) is 8.47. The molecule has 0 radical (unpaired) electrons. The Morgan fingerprint density at radius 2 is 2.13 bits per heavy atom. The second kappa shape index (κ2) is 4.79. The van der Waals surface area contributed by atoms with Crippen LogP contribution in [0.25, 0.3) is 0 Å². The van der Waals surface area contributed by atoms with E-state index in [1.807, 2.05) is 6.92 Å². The van der Waals surface area contributed by atoms with E-state index in [0.717, 1.165) is 0 Å². The van der Waals surface area contributed by atoms with Crippen LogP contribution in [0.15, 0.2) is 18.2 Å². The van der Waals surface area contributed by atoms with E-state index < -0.39 is 12.1 Å². The third kappa shape index (κ3) is 2.95. The van der Waals surface area contributed by atoms with Crippen LogP contribution in [0.2, 0.25) is 0 Å². The van der Waals surface area contributed by atoms with Crippen LogP contribution in [0.4, 0.5) is 0 Å². The van der Waals surface area contributed by atoms with Crippen LogP contribution >= 0.6 is 0 Å². The van der Waals surface area contributed by atoms with E-state index in [1.54, 1.807) is 0 Å². The summed E-state index contributed by atoms with van der Waals surface area (Å²) in [5, 5.41) is 27.5. The van der Waals surface area contributed by atoms with Crippen molar-refractivity contribution in [2.45, 2.75) is 25.9 Å². The average Bonchev–Trinajstić information content (AvgIpc) is 2.17. The molecule has 4 heteroatoms. The van der Waals surface area contributed by atoms with E-state index >= 15 is 0 Å². The highest BCUT2D eigenvalue weighted by Gasteiger charge is 2.13. The summed E-state index contributed by atoms with van der Waals surface area (Å²) in [6.07, 6.45) is 0.214. The summed E-state index contributed by atoms with van der Waals surface area (Å²) in [5.41, 5.74) is 0.581. The number of aliphatic hydroxyl groups excluding tert-OH is 1. The van der Waals surface area contributed by atoms with E-state index in [-0.39, 0.29) is 17.7 Å². The highest BCUT2D eigenvalue weighted by atomic mass is 16.4. The van der Waals surface area contributed by atoms with Crippen LogP contribution in [0.1, 0.15) is 29.3 Å². The average molecular weight is 210 g/mol. The standard InChI is InChI=1S/C11H14O4/c1-2-8(12)5-7-6-9(13)3-4-10(7)11(14)15/h3-4,6,8,12-13H,2,5H2,1H3,(H,14,15). The van der Waals surface area contributed by atoms with Crippen LogP contribution < -0.4 is 0 Å². The highest BCUT2D eigenvalue weighted by Crippen LogP contribution is 2.19. The fraction of sp³-hybridized carbons (Fsp3) is 0.364. The molecule has 0 aliphatic rings. The van der Waals surface area contributed by atoms with Crippen LogP contribution in [0.5, 0.6) is 5.75 Å². The second-order valence-corrected chi connectivity index (χ2v) is 3.41. The number of hydrogen-bond acceptors (Lipinski definition) is 3. The maximum Gasteiger partial charge on any atom is 0.335 e. The van der Waals surface area contributed by atoms with Gasteiger partial charge in [-0.15, -0.1) is 0 Å². The van der Waals surface area contributed by atoms with Crippen LogP contribution in [0.3, 0.4) is 0 Å². The van der Waals surface area contributed by atoms with Gasteiger partial charge in [-0.25, -0.2) is 4.79 Å². The SMILES string of the molecule is CCC(O)Cc1cc(O)ccc1C(=O)O. The molecule has 82 valence electrons. The molecule has 1 atom stereocenters. The summed E-state index contributed by atoms with van der Waals surface area (Å²) in [4.78, 5) is 10.8. The van der Waals surface area contributed by atoms with Crippen molar-refractivity contribution >= 4 is 5.97 Å². The maximum absolute atomic E-state index is 10.8. The largest absolute Gasteiger partial charge is 0.508 e. The van der Waals surface area contributed by atoms with Crippen molar-refractivity contribution in [1.29, 1.82) is 0 Å². The Morgan fingerprint density at radius 1 is 1.47 bits per heavy atom. The normalized spacial score (nSPS) is 12.4. The monoisotopic (exact) mass is 210 g/mol. The quantitative estimate of drug-likeness (QED) is 0.702. The molecule has 3 N–H and O–H groups in total. The maximum atomic E-state index is 10.8. The lowest BCUT2D eigenvalue weighted by molar-refractivity contribution is 0.0694. The molecule has 0 saturated carbocycles. The van der Waals surface area contributed by atoms with Gasteiger partial charge in [0.1, 0.15) is 5.75 Å². The number of hydrogen-bond donors (Lipinski definition) is 3. The molecule has 0 aliphatic carbocycles. The summed E-state index contributed by atoms with van der Waals surface area (Å²) < 4.78 is 0. The van der Waals surface area contributed by atoms with Crippen molar-refractivity contribution in [2.24, 2.45) is 0 Å². The molecule has 1 unspecified atom stereocenters. The first-order chi connectivity index (χ1) is 7.04. The van der Waals surface area contributed by atoms with E-state index in [4.69, 9.17) is 5.11 Å². The van der Waals surface area contributed by atoms with Gasteiger partial charge < -0.3 is 15.3 Å². The van der Waals surface area contributed by atoms with Crippen molar-refractivity contribution in [3.05, 3.63) is 29.3 Å². The van der Waals surface area contributed by atoms with Crippen molar-refractivity contribution in [3.63, 3.8) is 0 Å². The van der Waals surface area contributed by atoms with Crippen LogP contribution in [-0.2, 0) is 6.42 Å². The summed E-state index contributed by atoms with van der Waals surface area (Å²) in [6.45, 7) is 1.81. The third-order valence-electron chi connectivity index (χ3n) is 2.25. The smallest absolute Gasteiger partial charge is 0.335 e. The molecular formula is C11H14O4. The number of rotatable bonds is 4. The van der Waals surface area contributed by atoms with Gasteiger partial charge >= 0.3 is 5.97 Å². The molecule has 4 nitrogen and oxygen atoms in total. The van der Waals surface area contributed by atoms with Gasteiger partial charge in [-0.05, 0) is 36.6 Å². The minimum Gasteiger partial charge on any atom is -0.508 e. The zero-order valence-corrected chi connectivity index (χ0v) is 8.47. The predicted molar refractivity (Wildman–Crippen MR) is 55.1 cm³/mol. The minimum atomic E-state index is -1.05. The fourth-order valence-electron chi connectivity index (χ4n) is 1.36. The molecule has 0 fully saturated rings. The Bertz CT molecular complexity index is 360. The molecule has 0 spiro atoms. The molecule has 0 heterocycles. The Labute approximate surface area is 87.8 Å². The first-order valence-electron chi connectivity index (χ1n) is 4.77. The molecule has 0 bridgehead atoms. The highest BCUT2D eigenvalue weighted by molar-refractivity contribution is 5.89. The lowest BCUT2D eigenvalue weighted by atomic mass is 10.00. The third-order valence-corrected chi connectivity index (χ3v) is 2.25. The lowest BCUT2D eigenvalue weighted by Gasteiger charge is -2.10. The number of carbonyl (C=O) groups is 1. The predicted octanol–water partition coefficient (Wildman–Crippen LogP) is 1.40. The summed E-state index contributed by atoms with van der Waals surface area (Å²) in [7, 11) is 0. The Balaban J connectivity index is 3.02. The molecular weight excluding hydrogens is 196 g/mol. The molecule has 15 heavy (non-hydrogen) atoms. The van der Waals surface area contributed by atoms with Crippen LogP contribution in [-0.4, -0.2) is 27.4 Å². The number of carboxylic acid groups (broad SMARTS) is 1. The van der Waals surface area contributed by atoms with Gasteiger partial charge in [0.05, 0.1) is 11.7 Å². The van der Waals surface area contributed by atoms with Crippen LogP contribution in [0, 0.1) is 0 Å². The van der Waals surface area contributed by atoms with E-state index in [0.29, 0.717) is 12.0 Å². The first kappa shape index (κ1) is 11.5. The first-order valence-corrected chi connectivity index (χ1v) is 4.77. The van der Waals surface area contributed by atoms with Gasteiger partial charge in [0, 0.05) is 0 Å². The number of phenolic OH excluding ortho intramolecular Hbond substituents is 1. The Morgan fingerprint density at radius 3 is 2.67 bits per heavy atom. The van der Waals surface area contributed by atoms with Gasteiger partial charge in [0.15, 0.2) is 0 Å². The van der Waals surface area contributed by atoms with Gasteiger partial charge in [-0.3, -0.25) is 0 Å². The molecule has 1 aromatic rings. The molecule has 0 aromatic heterocycles. The Hall–Kier alpha value is -1.55. The van der Waals surface area contributed by atoms with Gasteiger partial charge in [-0.1, -0.05) is 6.92 Å². The van der Waals surface area contributed by atoms with Crippen molar-refractivity contribution in [1.82, 2.24) is 0 Å². The van der Waals surface area contributed by atoms with Gasteiger partial charge in [0.25, 0.3) is 0 Å². The number of phenols is 1. The van der Waals surface area contributed by atoms with Crippen molar-refractivity contribution < 1.29 is 20.1 Å². The summed E-state index contributed by atoms with van der Waals surface area (Å²) >= 11 is 0. The van der Waals surface area contributed by atoms with Gasteiger partial charge in [-0.2, -0.15) is 0 Å². The zero-order chi connectivity index (χ0) is 11.4. The molecule has 1 aromatic carbocycles. The summed E-state index contributed by atoms with van der Waals surface area (Å²) in [5.74, 6) is -1.04. The topological polar surface area (TPSA) is 77.8 Å². The number of aliphatic hydroxyl groups is 1. The van der Waals surface area contributed by atoms with Gasteiger partial charge in [0.2, 0.25) is 0 Å². The van der Waals surface area contributed by atoms with E-state index in [1.165, 1.54) is 18.2 Å². The number of aromatic hydroxyl groups is 1. The van der Waals surface area contributed by atoms with Crippen molar-refractivity contribution in [3.8, 4) is 5.75 Å². The second-order valence-electron chi connectivity index (χ2n) is 3.41. The molecule has 0 aliphatic heterocycles. The molecule has 1 rings (SSSR count). The summed E-state index contributed by atoms with van der Waals surface area (Å²) in [6, 6.07) is 4.04. The Kier molecular flexibility index (Phi) is 3.68. The molecule has 0 saturated heterocycles. The fourth-order valence-corrected chi connectivity index (χ4v) is 1.36. The molecule has 0 amide bonds. The van der Waals surface area contributed by atoms with E-state index in [9.17, 15) is 15.0 Å². The lowest BCUT2D eigenvalue weighted by Crippen LogP contribution is -2.12. The van der Waals surface area contributed by atoms with E-state index in [2.05, 4.69) is 0 Å².